The maximum Gasteiger partial charge on any atom is 0.293 e. The fourth-order valence-corrected chi connectivity index (χ4v) is 4.73. The van der Waals surface area contributed by atoms with Gasteiger partial charge in [-0.2, -0.15) is 0 Å². The second-order valence-electron chi connectivity index (χ2n) is 9.46. The van der Waals surface area contributed by atoms with E-state index in [1.54, 1.807) is 0 Å². The molecule has 2 saturated heterocycles. The van der Waals surface area contributed by atoms with Gasteiger partial charge in [0.1, 0.15) is 0 Å². The molecule has 5 heterocycles. The van der Waals surface area contributed by atoms with Crippen LogP contribution in [0.4, 0.5) is 30.9 Å². The Kier molecular flexibility index (Phi) is 7.00. The fraction of sp³-hybridized carbons (Fsp3) is 0.591. The summed E-state index contributed by atoms with van der Waals surface area (Å²) in [6.45, 7) is 4.32. The molecule has 2 aliphatic heterocycles. The second kappa shape index (κ2) is 10.2. The Balaban J connectivity index is 1.73. The Labute approximate surface area is 211 Å². The van der Waals surface area contributed by atoms with Crippen LogP contribution >= 0.6 is 0 Å². The summed E-state index contributed by atoms with van der Waals surface area (Å²) in [7, 11) is 0. The van der Waals surface area contributed by atoms with Crippen LogP contribution in [0, 0.1) is 0 Å². The number of hydrogen-bond acceptors (Lipinski definition) is 11. The number of aromatic nitrogens is 6. The molecule has 3 aromatic rings. The standard InChI is InChI=1S/C22H30F3N11O/c1-13-9-35(10-14(2)30-13)21-31-16-18(34-4-3-29-37-6-5-34)32-17(15-7-27-20(26)28-8-15)33-19(16)36(21)12-22(24,25)11-23/h7-8,13-14,29-30H,3-6,9-12H2,1-2H3,(H2,26,27,28). The van der Waals surface area contributed by atoms with Crippen LogP contribution in [-0.4, -0.2) is 93.5 Å². The minimum atomic E-state index is -3.61. The SMILES string of the molecule is CC1CN(c2nc3c(N4CCNOCC4)nc(-c4cnc(N)nc4)nc3n2CC(F)(F)CF)CC(C)N1. The van der Waals surface area contributed by atoms with E-state index in [2.05, 4.69) is 25.7 Å². The molecule has 2 fully saturated rings. The molecule has 2 atom stereocenters. The summed E-state index contributed by atoms with van der Waals surface area (Å²) in [6, 6.07) is 0.195. The molecular weight excluding hydrogens is 491 g/mol. The fourth-order valence-electron chi connectivity index (χ4n) is 4.73. The number of nitrogens with one attached hydrogen (secondary N) is 2. The van der Waals surface area contributed by atoms with Gasteiger partial charge in [0, 0.05) is 57.2 Å². The van der Waals surface area contributed by atoms with E-state index in [9.17, 15) is 13.2 Å². The van der Waals surface area contributed by atoms with E-state index in [1.165, 1.54) is 17.0 Å². The molecule has 12 nitrogen and oxygen atoms in total. The lowest BCUT2D eigenvalue weighted by Gasteiger charge is -2.37. The van der Waals surface area contributed by atoms with Crippen molar-refractivity contribution < 1.29 is 18.0 Å². The average Bonchev–Trinajstić information content (AvgIpc) is 3.03. The molecule has 0 amide bonds. The molecule has 0 aliphatic carbocycles. The molecule has 0 bridgehead atoms. The first-order valence-electron chi connectivity index (χ1n) is 12.1. The number of nitrogens with two attached hydrogens (primary N) is 1. The Morgan fingerprint density at radius 3 is 2.51 bits per heavy atom. The molecular formula is C22H30F3N11O. The van der Waals surface area contributed by atoms with Crippen LogP contribution in [0.2, 0.25) is 0 Å². The van der Waals surface area contributed by atoms with Gasteiger partial charge in [0.15, 0.2) is 29.5 Å². The average molecular weight is 522 g/mol. The van der Waals surface area contributed by atoms with Gasteiger partial charge >= 0.3 is 0 Å². The van der Waals surface area contributed by atoms with E-state index < -0.39 is 19.1 Å². The van der Waals surface area contributed by atoms with Crippen molar-refractivity contribution in [2.75, 3.05) is 61.5 Å². The predicted octanol–water partition coefficient (Wildman–Crippen LogP) is 0.998. The van der Waals surface area contributed by atoms with E-state index in [4.69, 9.17) is 20.5 Å². The number of alkyl halides is 3. The number of anilines is 3. The molecule has 3 aromatic heterocycles. The van der Waals surface area contributed by atoms with Crippen LogP contribution in [0.5, 0.6) is 0 Å². The van der Waals surface area contributed by atoms with Crippen molar-refractivity contribution in [3.63, 3.8) is 0 Å². The van der Waals surface area contributed by atoms with E-state index in [0.29, 0.717) is 62.2 Å². The lowest BCUT2D eigenvalue weighted by atomic mass is 10.1. The van der Waals surface area contributed by atoms with Crippen molar-refractivity contribution in [1.29, 1.82) is 0 Å². The van der Waals surface area contributed by atoms with Crippen LogP contribution in [0.1, 0.15) is 13.8 Å². The third-order valence-electron chi connectivity index (χ3n) is 6.26. The summed E-state index contributed by atoms with van der Waals surface area (Å²) < 4.78 is 43.8. The zero-order chi connectivity index (χ0) is 26.2. The highest BCUT2D eigenvalue weighted by Crippen LogP contribution is 2.33. The van der Waals surface area contributed by atoms with Gasteiger partial charge in [-0.3, -0.25) is 9.40 Å². The van der Waals surface area contributed by atoms with Crippen LogP contribution in [0.25, 0.3) is 22.6 Å². The number of rotatable bonds is 6. The van der Waals surface area contributed by atoms with Gasteiger partial charge in [-0.1, -0.05) is 0 Å². The number of fused-ring (bicyclic) bond motifs is 1. The molecule has 2 unspecified atom stereocenters. The highest BCUT2D eigenvalue weighted by atomic mass is 19.3. The Hall–Kier alpha value is -3.30. The normalized spacial score (nSPS) is 21.4. The lowest BCUT2D eigenvalue weighted by Crippen LogP contribution is -2.55. The molecule has 0 radical (unpaired) electrons. The largest absolute Gasteiger partial charge is 0.368 e. The minimum Gasteiger partial charge on any atom is -0.368 e. The van der Waals surface area contributed by atoms with Crippen molar-refractivity contribution in [2.24, 2.45) is 0 Å². The number of halogens is 3. The monoisotopic (exact) mass is 521 g/mol. The molecule has 0 aromatic carbocycles. The number of nitrogen functional groups attached to an aromatic ring is 1. The van der Waals surface area contributed by atoms with Gasteiger partial charge in [0.05, 0.1) is 18.7 Å². The van der Waals surface area contributed by atoms with Gasteiger partial charge < -0.3 is 20.9 Å². The first kappa shape index (κ1) is 25.4. The highest BCUT2D eigenvalue weighted by molar-refractivity contribution is 5.88. The Morgan fingerprint density at radius 2 is 1.81 bits per heavy atom. The van der Waals surface area contributed by atoms with Gasteiger partial charge in [-0.15, -0.1) is 0 Å². The second-order valence-corrected chi connectivity index (χ2v) is 9.46. The number of piperazine rings is 1. The van der Waals surface area contributed by atoms with Crippen LogP contribution in [0.15, 0.2) is 12.4 Å². The summed E-state index contributed by atoms with van der Waals surface area (Å²) in [4.78, 5) is 31.5. The highest BCUT2D eigenvalue weighted by Gasteiger charge is 2.35. The molecule has 4 N–H and O–H groups in total. The van der Waals surface area contributed by atoms with E-state index >= 15 is 0 Å². The van der Waals surface area contributed by atoms with Crippen molar-refractivity contribution in [1.82, 2.24) is 40.3 Å². The first-order chi connectivity index (χ1) is 17.7. The number of imidazole rings is 1. The molecule has 0 saturated carbocycles. The summed E-state index contributed by atoms with van der Waals surface area (Å²) in [5, 5.41) is 3.43. The quantitative estimate of drug-likeness (QED) is 0.429. The predicted molar refractivity (Wildman–Crippen MR) is 132 cm³/mol. The van der Waals surface area contributed by atoms with Crippen molar-refractivity contribution in [3.8, 4) is 11.4 Å². The van der Waals surface area contributed by atoms with Crippen molar-refractivity contribution in [3.05, 3.63) is 12.4 Å². The number of nitrogens with zero attached hydrogens (tertiary/aromatic N) is 8. The zero-order valence-corrected chi connectivity index (χ0v) is 20.7. The van der Waals surface area contributed by atoms with E-state index in [-0.39, 0.29) is 29.5 Å². The van der Waals surface area contributed by atoms with Gasteiger partial charge in [0.25, 0.3) is 5.92 Å². The summed E-state index contributed by atoms with van der Waals surface area (Å²) in [5.74, 6) is -2.54. The smallest absolute Gasteiger partial charge is 0.293 e. The molecule has 2 aliphatic rings. The Bertz CT molecular complexity index is 1220. The summed E-state index contributed by atoms with van der Waals surface area (Å²) in [6.07, 6.45) is 2.94. The third-order valence-corrected chi connectivity index (χ3v) is 6.26. The summed E-state index contributed by atoms with van der Waals surface area (Å²) >= 11 is 0. The molecule has 5 rings (SSSR count). The summed E-state index contributed by atoms with van der Waals surface area (Å²) in [5.41, 5.74) is 9.49. The minimum absolute atomic E-state index is 0.0812. The third kappa shape index (κ3) is 5.38. The van der Waals surface area contributed by atoms with Crippen LogP contribution < -0.4 is 26.3 Å². The van der Waals surface area contributed by atoms with Gasteiger partial charge in [0.2, 0.25) is 11.9 Å². The van der Waals surface area contributed by atoms with E-state index in [1.807, 2.05) is 23.6 Å². The number of hydrogen-bond donors (Lipinski definition) is 3. The van der Waals surface area contributed by atoms with Crippen molar-refractivity contribution in [2.45, 2.75) is 38.4 Å². The molecule has 15 heteroatoms. The molecule has 37 heavy (non-hydrogen) atoms. The topological polar surface area (TPSA) is 135 Å². The molecule has 200 valence electrons. The van der Waals surface area contributed by atoms with Crippen molar-refractivity contribution >= 4 is 28.9 Å². The maximum atomic E-state index is 14.6. The van der Waals surface area contributed by atoms with Crippen LogP contribution in [-0.2, 0) is 11.4 Å². The first-order valence-corrected chi connectivity index (χ1v) is 12.1. The zero-order valence-electron chi connectivity index (χ0n) is 20.7. The van der Waals surface area contributed by atoms with Crippen LogP contribution in [0.3, 0.4) is 0 Å². The van der Waals surface area contributed by atoms with E-state index in [0.717, 1.165) is 0 Å². The van der Waals surface area contributed by atoms with Gasteiger partial charge in [-0.25, -0.2) is 43.6 Å². The Morgan fingerprint density at radius 1 is 1.08 bits per heavy atom. The lowest BCUT2D eigenvalue weighted by molar-refractivity contribution is -0.0366. The number of hydroxylamine groups is 1. The maximum absolute atomic E-state index is 14.6. The molecule has 0 spiro atoms. The van der Waals surface area contributed by atoms with Gasteiger partial charge in [-0.05, 0) is 13.8 Å².